The number of nitrogens with one attached hydrogen (secondary N) is 1. The van der Waals surface area contributed by atoms with Gasteiger partial charge in [-0.25, -0.2) is 0 Å². The number of piperazine rings is 1. The number of hydrogen-bond acceptors (Lipinski definition) is 4. The lowest BCUT2D eigenvalue weighted by molar-refractivity contribution is -0.161. The molecule has 2 saturated heterocycles. The zero-order chi connectivity index (χ0) is 24.0. The summed E-state index contributed by atoms with van der Waals surface area (Å²) in [6.45, 7) is 7.27. The van der Waals surface area contributed by atoms with Gasteiger partial charge in [0, 0.05) is 26.2 Å². The Labute approximate surface area is 215 Å². The number of rotatable bonds is 9. The van der Waals surface area contributed by atoms with E-state index in [1.54, 1.807) is 0 Å². The summed E-state index contributed by atoms with van der Waals surface area (Å²) in [6.07, 6.45) is 4.90. The fourth-order valence-corrected chi connectivity index (χ4v) is 5.12. The summed E-state index contributed by atoms with van der Waals surface area (Å²) < 4.78 is 5.89. The molecule has 6 nitrogen and oxygen atoms in total. The second-order valence-corrected chi connectivity index (χ2v) is 9.52. The van der Waals surface area contributed by atoms with E-state index in [0.29, 0.717) is 25.8 Å². The number of halogens is 1. The summed E-state index contributed by atoms with van der Waals surface area (Å²) in [4.78, 5) is 30.9. The topological polar surface area (TPSA) is 61.9 Å². The molecule has 4 rings (SSSR count). The SMILES string of the molecule is CCCCN1C(=O)C(CCC)NC(=O)C12CCN(Cc1ccc(Oc3ccccc3)cc1)CC2.Cl. The zero-order valence-electron chi connectivity index (χ0n) is 20.9. The van der Waals surface area contributed by atoms with E-state index >= 15 is 0 Å². The fraction of sp³-hybridized carbons (Fsp3) is 0.500. The third-order valence-electron chi connectivity index (χ3n) is 7.11. The van der Waals surface area contributed by atoms with Crippen LogP contribution in [0, 0.1) is 0 Å². The number of ether oxygens (including phenoxy) is 1. The van der Waals surface area contributed by atoms with Crippen molar-refractivity contribution in [3.05, 3.63) is 60.2 Å². The third kappa shape index (κ3) is 6.17. The Bertz CT molecular complexity index is 959. The van der Waals surface area contributed by atoms with Crippen molar-refractivity contribution in [2.24, 2.45) is 0 Å². The van der Waals surface area contributed by atoms with E-state index in [2.05, 4.69) is 36.2 Å². The summed E-state index contributed by atoms with van der Waals surface area (Å²) >= 11 is 0. The average Bonchev–Trinajstić information content (AvgIpc) is 2.86. The van der Waals surface area contributed by atoms with Crippen LogP contribution in [-0.4, -0.2) is 52.8 Å². The van der Waals surface area contributed by atoms with Crippen LogP contribution in [-0.2, 0) is 16.1 Å². The van der Waals surface area contributed by atoms with Crippen molar-refractivity contribution in [1.29, 1.82) is 0 Å². The summed E-state index contributed by atoms with van der Waals surface area (Å²) in [5, 5.41) is 3.06. The van der Waals surface area contributed by atoms with Gasteiger partial charge in [0.1, 0.15) is 23.1 Å². The third-order valence-corrected chi connectivity index (χ3v) is 7.11. The molecule has 190 valence electrons. The largest absolute Gasteiger partial charge is 0.457 e. The molecule has 0 radical (unpaired) electrons. The minimum Gasteiger partial charge on any atom is -0.457 e. The van der Waals surface area contributed by atoms with Crippen LogP contribution < -0.4 is 10.1 Å². The standard InChI is InChI=1S/C28H37N3O3.ClH/c1-3-5-18-31-26(32)25(9-4-2)29-27(33)28(31)16-19-30(20-17-28)21-22-12-14-24(15-13-22)34-23-10-7-6-8-11-23;/h6-8,10-15,25H,3-5,9,16-21H2,1-2H3,(H,29,33);1H. The van der Waals surface area contributed by atoms with Crippen LogP contribution in [0.3, 0.4) is 0 Å². The first-order valence-electron chi connectivity index (χ1n) is 12.7. The first-order valence-corrected chi connectivity index (χ1v) is 12.7. The van der Waals surface area contributed by atoms with Crippen LogP contribution in [0.15, 0.2) is 54.6 Å². The highest BCUT2D eigenvalue weighted by Crippen LogP contribution is 2.34. The minimum atomic E-state index is -0.694. The summed E-state index contributed by atoms with van der Waals surface area (Å²) in [7, 11) is 0. The number of nitrogens with zero attached hydrogens (tertiary/aromatic N) is 2. The van der Waals surface area contributed by atoms with Gasteiger partial charge in [-0.3, -0.25) is 14.5 Å². The molecule has 0 aromatic heterocycles. The number of carbonyl (C=O) groups is 2. The number of hydrogen-bond donors (Lipinski definition) is 1. The van der Waals surface area contributed by atoms with E-state index in [4.69, 9.17) is 4.74 Å². The van der Waals surface area contributed by atoms with Crippen LogP contribution in [0.25, 0.3) is 0 Å². The van der Waals surface area contributed by atoms with Gasteiger partial charge >= 0.3 is 0 Å². The fourth-order valence-electron chi connectivity index (χ4n) is 5.12. The molecule has 2 amide bonds. The molecule has 2 aliphatic rings. The molecule has 2 aromatic carbocycles. The van der Waals surface area contributed by atoms with Gasteiger partial charge in [-0.05, 0) is 55.5 Å². The molecule has 0 bridgehead atoms. The van der Waals surface area contributed by atoms with E-state index in [-0.39, 0.29) is 30.3 Å². The van der Waals surface area contributed by atoms with Crippen molar-refractivity contribution in [2.75, 3.05) is 19.6 Å². The van der Waals surface area contributed by atoms with Gasteiger partial charge in [-0.1, -0.05) is 57.0 Å². The van der Waals surface area contributed by atoms with Crippen molar-refractivity contribution >= 4 is 24.2 Å². The molecule has 1 spiro atoms. The van der Waals surface area contributed by atoms with Gasteiger partial charge in [0.25, 0.3) is 0 Å². The number of para-hydroxylation sites is 1. The molecular weight excluding hydrogens is 462 g/mol. The van der Waals surface area contributed by atoms with Crippen molar-refractivity contribution in [2.45, 2.75) is 70.5 Å². The second kappa shape index (κ2) is 12.4. The molecular formula is C28H38ClN3O3. The Morgan fingerprint density at radius 2 is 1.60 bits per heavy atom. The van der Waals surface area contributed by atoms with Gasteiger partial charge < -0.3 is 15.0 Å². The normalized spacial score (nSPS) is 19.8. The lowest BCUT2D eigenvalue weighted by Gasteiger charge is -2.51. The summed E-state index contributed by atoms with van der Waals surface area (Å²) in [5.41, 5.74) is 0.520. The van der Waals surface area contributed by atoms with Gasteiger partial charge in [-0.15, -0.1) is 12.4 Å². The molecule has 1 unspecified atom stereocenters. The minimum absolute atomic E-state index is 0. The number of amides is 2. The first kappa shape index (κ1) is 27.0. The quantitative estimate of drug-likeness (QED) is 0.517. The van der Waals surface area contributed by atoms with Gasteiger partial charge in [0.2, 0.25) is 11.8 Å². The predicted octanol–water partition coefficient (Wildman–Crippen LogP) is 5.16. The number of benzene rings is 2. The van der Waals surface area contributed by atoms with E-state index in [9.17, 15) is 9.59 Å². The molecule has 2 aliphatic heterocycles. The maximum atomic E-state index is 13.3. The molecule has 1 N–H and O–H groups in total. The lowest BCUT2D eigenvalue weighted by atomic mass is 9.81. The van der Waals surface area contributed by atoms with Crippen LogP contribution in [0.5, 0.6) is 11.5 Å². The van der Waals surface area contributed by atoms with E-state index in [1.165, 1.54) is 5.56 Å². The highest BCUT2D eigenvalue weighted by molar-refractivity contribution is 6.00. The van der Waals surface area contributed by atoms with Crippen molar-refractivity contribution in [3.63, 3.8) is 0 Å². The highest BCUT2D eigenvalue weighted by atomic mass is 35.5. The van der Waals surface area contributed by atoms with E-state index in [1.807, 2.05) is 47.4 Å². The van der Waals surface area contributed by atoms with Crippen LogP contribution in [0.4, 0.5) is 0 Å². The zero-order valence-corrected chi connectivity index (χ0v) is 21.7. The summed E-state index contributed by atoms with van der Waals surface area (Å²) in [6, 6.07) is 17.6. The maximum Gasteiger partial charge on any atom is 0.246 e. The Kier molecular flexibility index (Phi) is 9.58. The van der Waals surface area contributed by atoms with Crippen molar-refractivity contribution in [1.82, 2.24) is 15.1 Å². The Balaban J connectivity index is 0.00000342. The van der Waals surface area contributed by atoms with Crippen molar-refractivity contribution in [3.8, 4) is 11.5 Å². The van der Waals surface area contributed by atoms with Crippen LogP contribution in [0.1, 0.15) is 57.9 Å². The molecule has 7 heteroatoms. The molecule has 2 aromatic rings. The molecule has 35 heavy (non-hydrogen) atoms. The predicted molar refractivity (Wildman–Crippen MR) is 141 cm³/mol. The van der Waals surface area contributed by atoms with E-state index < -0.39 is 5.54 Å². The van der Waals surface area contributed by atoms with E-state index in [0.717, 1.165) is 50.4 Å². The molecule has 1 atom stereocenters. The number of carbonyl (C=O) groups excluding carboxylic acids is 2. The van der Waals surface area contributed by atoms with Gasteiger partial charge in [-0.2, -0.15) is 0 Å². The van der Waals surface area contributed by atoms with Crippen LogP contribution in [0.2, 0.25) is 0 Å². The van der Waals surface area contributed by atoms with Crippen molar-refractivity contribution < 1.29 is 14.3 Å². The average molecular weight is 500 g/mol. The van der Waals surface area contributed by atoms with Gasteiger partial charge in [0.05, 0.1) is 0 Å². The maximum absolute atomic E-state index is 13.3. The smallest absolute Gasteiger partial charge is 0.246 e. The molecule has 0 saturated carbocycles. The number of unbranched alkanes of at least 4 members (excludes halogenated alkanes) is 1. The van der Waals surface area contributed by atoms with Gasteiger partial charge in [0.15, 0.2) is 0 Å². The molecule has 2 fully saturated rings. The van der Waals surface area contributed by atoms with Crippen LogP contribution >= 0.6 is 12.4 Å². The molecule has 2 heterocycles. The molecule has 0 aliphatic carbocycles. The highest BCUT2D eigenvalue weighted by Gasteiger charge is 2.53. The summed E-state index contributed by atoms with van der Waals surface area (Å²) in [5.74, 6) is 1.80. The first-order chi connectivity index (χ1) is 16.6. The monoisotopic (exact) mass is 499 g/mol. The lowest BCUT2D eigenvalue weighted by Crippen LogP contribution is -2.72. The second-order valence-electron chi connectivity index (χ2n) is 9.52. The Hall–Kier alpha value is -2.57. The Morgan fingerprint density at radius 3 is 2.23 bits per heavy atom. The Morgan fingerprint density at radius 1 is 0.943 bits per heavy atom. The number of piperidine rings is 1. The number of likely N-dealkylation sites (tertiary alicyclic amines) is 1.